The van der Waals surface area contributed by atoms with Gasteiger partial charge in [0, 0.05) is 24.6 Å². The molecule has 1 aliphatic rings. The van der Waals surface area contributed by atoms with Crippen LogP contribution in [0.25, 0.3) is 28.2 Å². The molecule has 0 radical (unpaired) electrons. The summed E-state index contributed by atoms with van der Waals surface area (Å²) in [5.41, 5.74) is 2.05. The second-order valence-corrected chi connectivity index (χ2v) is 8.29. The molecule has 4 aromatic heterocycles. The predicted octanol–water partition coefficient (Wildman–Crippen LogP) is 4.19. The van der Waals surface area contributed by atoms with Gasteiger partial charge in [-0.2, -0.15) is 23.4 Å². The Kier molecular flexibility index (Phi) is 4.18. The van der Waals surface area contributed by atoms with Crippen LogP contribution in [0.2, 0.25) is 5.02 Å². The van der Waals surface area contributed by atoms with Gasteiger partial charge in [0.25, 0.3) is 0 Å². The number of aryl methyl sites for hydroxylation is 1. The lowest BCUT2D eigenvalue weighted by atomic mass is 9.97. The molecular weight excluding hydrogens is 459 g/mol. The van der Waals surface area contributed by atoms with Crippen molar-refractivity contribution < 1.29 is 13.2 Å². The molecule has 5 aromatic rings. The number of fused-ring (bicyclic) bond motifs is 4. The summed E-state index contributed by atoms with van der Waals surface area (Å²) in [4.78, 5) is 8.80. The molecule has 0 saturated carbocycles. The maximum atomic E-state index is 14.0. The highest BCUT2D eigenvalue weighted by atomic mass is 35.5. The minimum Gasteiger partial charge on any atom is -0.363 e. The van der Waals surface area contributed by atoms with Crippen LogP contribution >= 0.6 is 11.6 Å². The summed E-state index contributed by atoms with van der Waals surface area (Å²) >= 11 is 5.94. The Bertz CT molecular complexity index is 1500. The van der Waals surface area contributed by atoms with E-state index >= 15 is 0 Å². The van der Waals surface area contributed by atoms with Crippen LogP contribution in [0.1, 0.15) is 24.1 Å². The number of nitrogens with one attached hydrogen (secondary N) is 1. The lowest BCUT2D eigenvalue weighted by molar-refractivity contribution is -0.173. The summed E-state index contributed by atoms with van der Waals surface area (Å²) in [6, 6.07) is 5.93. The Morgan fingerprint density at radius 2 is 1.91 bits per heavy atom. The van der Waals surface area contributed by atoms with Crippen LogP contribution in [0.3, 0.4) is 0 Å². The van der Waals surface area contributed by atoms with Crippen molar-refractivity contribution in [3.63, 3.8) is 0 Å². The fourth-order valence-corrected chi connectivity index (χ4v) is 4.27. The zero-order chi connectivity index (χ0) is 22.9. The number of benzene rings is 1. The van der Waals surface area contributed by atoms with Crippen molar-refractivity contribution in [2.75, 3.05) is 5.32 Å². The number of nitrogens with zero attached hydrogens (tertiary/aromatic N) is 8. The normalized spacial score (nSPS) is 18.6. The van der Waals surface area contributed by atoms with Crippen LogP contribution in [-0.4, -0.2) is 45.3 Å². The molecule has 0 aliphatic carbocycles. The molecule has 168 valence electrons. The third kappa shape index (κ3) is 3.20. The van der Waals surface area contributed by atoms with E-state index < -0.39 is 18.3 Å². The summed E-state index contributed by atoms with van der Waals surface area (Å²) in [6.07, 6.45) is -1.59. The van der Waals surface area contributed by atoms with Gasteiger partial charge in [0.15, 0.2) is 17.3 Å². The minimum absolute atomic E-state index is 0.195. The number of aromatic nitrogens is 8. The first kappa shape index (κ1) is 20.0. The molecule has 9 nitrogen and oxygen atoms in total. The number of rotatable bonds is 2. The first-order valence-electron chi connectivity index (χ1n) is 9.99. The molecule has 33 heavy (non-hydrogen) atoms. The molecule has 0 fully saturated rings. The van der Waals surface area contributed by atoms with Gasteiger partial charge < -0.3 is 5.32 Å². The van der Waals surface area contributed by atoms with Gasteiger partial charge in [0.1, 0.15) is 17.8 Å². The Hall–Kier alpha value is -3.67. The topological polar surface area (TPSA) is 90.8 Å². The maximum Gasteiger partial charge on any atom is 0.410 e. The molecule has 2 atom stereocenters. The monoisotopic (exact) mass is 473 g/mol. The van der Waals surface area contributed by atoms with Crippen molar-refractivity contribution in [2.24, 2.45) is 7.05 Å². The van der Waals surface area contributed by atoms with E-state index in [1.165, 1.54) is 16.9 Å². The van der Waals surface area contributed by atoms with E-state index in [2.05, 4.69) is 30.6 Å². The summed E-state index contributed by atoms with van der Waals surface area (Å²) in [6.45, 7) is 0. The van der Waals surface area contributed by atoms with Crippen molar-refractivity contribution >= 4 is 34.1 Å². The molecule has 0 unspecified atom stereocenters. The molecule has 0 amide bonds. The molecule has 1 aromatic carbocycles. The lowest BCUT2D eigenvalue weighted by Gasteiger charge is -2.33. The quantitative estimate of drug-likeness (QED) is 0.413. The molecule has 1 N–H and O–H groups in total. The van der Waals surface area contributed by atoms with Gasteiger partial charge in [-0.3, -0.25) is 4.68 Å². The van der Waals surface area contributed by atoms with E-state index in [1.807, 2.05) is 0 Å². The van der Waals surface area contributed by atoms with Crippen molar-refractivity contribution in [3.05, 3.63) is 53.4 Å². The van der Waals surface area contributed by atoms with Crippen LogP contribution in [0.5, 0.6) is 0 Å². The van der Waals surface area contributed by atoms with Crippen LogP contribution in [-0.2, 0) is 7.05 Å². The summed E-state index contributed by atoms with van der Waals surface area (Å²) in [5, 5.41) is 17.1. The first-order chi connectivity index (χ1) is 15.8. The maximum absolute atomic E-state index is 14.0. The third-order valence-electron chi connectivity index (χ3n) is 5.76. The fourth-order valence-electron chi connectivity index (χ4n) is 4.14. The van der Waals surface area contributed by atoms with Crippen molar-refractivity contribution in [1.82, 2.24) is 39.1 Å². The van der Waals surface area contributed by atoms with E-state index in [4.69, 9.17) is 11.6 Å². The Morgan fingerprint density at radius 3 is 2.67 bits per heavy atom. The Morgan fingerprint density at radius 1 is 1.12 bits per heavy atom. The Labute approximate surface area is 188 Å². The van der Waals surface area contributed by atoms with Gasteiger partial charge >= 0.3 is 6.18 Å². The fraction of sp³-hybridized carbons (Fsp3) is 0.250. The SMILES string of the molecule is Cn1ncc2c1ncn1nc(-c3cc4n(n3)[C@@H](C(F)(F)F)C[C@H](c3ccc(Cl)cc3)N4)nc21. The number of hydrogen-bond donors (Lipinski definition) is 1. The van der Waals surface area contributed by atoms with E-state index in [0.29, 0.717) is 27.3 Å². The average Bonchev–Trinajstić information content (AvgIpc) is 3.48. The van der Waals surface area contributed by atoms with E-state index in [1.54, 1.807) is 42.2 Å². The van der Waals surface area contributed by atoms with Gasteiger partial charge in [-0.25, -0.2) is 19.2 Å². The zero-order valence-electron chi connectivity index (χ0n) is 17.0. The third-order valence-corrected chi connectivity index (χ3v) is 6.01. The molecule has 0 spiro atoms. The van der Waals surface area contributed by atoms with Gasteiger partial charge in [0.2, 0.25) is 5.82 Å². The van der Waals surface area contributed by atoms with Crippen LogP contribution in [0, 0.1) is 0 Å². The van der Waals surface area contributed by atoms with E-state index in [0.717, 1.165) is 4.68 Å². The Balaban J connectivity index is 1.44. The zero-order valence-corrected chi connectivity index (χ0v) is 17.7. The van der Waals surface area contributed by atoms with Gasteiger partial charge in [-0.1, -0.05) is 23.7 Å². The van der Waals surface area contributed by atoms with Gasteiger partial charge in [-0.15, -0.1) is 5.10 Å². The van der Waals surface area contributed by atoms with Crippen molar-refractivity contribution in [2.45, 2.75) is 24.7 Å². The number of alkyl halides is 3. The summed E-state index contributed by atoms with van der Waals surface area (Å²) in [7, 11) is 1.76. The highest BCUT2D eigenvalue weighted by Gasteiger charge is 2.46. The van der Waals surface area contributed by atoms with E-state index in [-0.39, 0.29) is 23.8 Å². The molecule has 6 rings (SSSR count). The second kappa shape index (κ2) is 6.91. The molecule has 5 heterocycles. The predicted molar refractivity (Wildman–Crippen MR) is 114 cm³/mol. The standard InChI is InChI=1S/C20H15ClF3N9/c1-31-18-12(8-26-31)19-28-17(30-32(19)9-25-18)14-7-16-27-13(10-2-4-11(21)5-3-10)6-15(20(22,23)24)33(16)29-14/h2-5,7-9,13,15,27H,6H2,1H3/t13-,15-/m1/s1. The average molecular weight is 474 g/mol. The number of anilines is 1. The van der Waals surface area contributed by atoms with Crippen molar-refractivity contribution in [1.29, 1.82) is 0 Å². The molecule has 13 heteroatoms. The van der Waals surface area contributed by atoms with Crippen LogP contribution < -0.4 is 5.32 Å². The number of halogens is 4. The lowest BCUT2D eigenvalue weighted by Crippen LogP contribution is -2.35. The highest BCUT2D eigenvalue weighted by Crippen LogP contribution is 2.44. The van der Waals surface area contributed by atoms with Gasteiger partial charge in [0.05, 0.1) is 17.6 Å². The summed E-state index contributed by atoms with van der Waals surface area (Å²) < 4.78 is 45.9. The highest BCUT2D eigenvalue weighted by molar-refractivity contribution is 6.30. The van der Waals surface area contributed by atoms with Crippen LogP contribution in [0.15, 0.2) is 42.9 Å². The number of hydrogen-bond acceptors (Lipinski definition) is 6. The second-order valence-electron chi connectivity index (χ2n) is 7.85. The molecule has 1 aliphatic heterocycles. The van der Waals surface area contributed by atoms with Crippen molar-refractivity contribution in [3.8, 4) is 11.5 Å². The molecule has 0 saturated heterocycles. The molecule has 0 bridgehead atoms. The minimum atomic E-state index is -4.48. The largest absolute Gasteiger partial charge is 0.410 e. The smallest absolute Gasteiger partial charge is 0.363 e. The first-order valence-corrected chi connectivity index (χ1v) is 10.4. The summed E-state index contributed by atoms with van der Waals surface area (Å²) in [5.74, 6) is 0.433. The van der Waals surface area contributed by atoms with Crippen LogP contribution in [0.4, 0.5) is 19.0 Å². The van der Waals surface area contributed by atoms with Gasteiger partial charge in [-0.05, 0) is 17.7 Å². The molecular formula is C20H15ClF3N9. The van der Waals surface area contributed by atoms with E-state index in [9.17, 15) is 13.2 Å².